The van der Waals surface area contributed by atoms with Gasteiger partial charge in [-0.15, -0.1) is 0 Å². The van der Waals surface area contributed by atoms with E-state index >= 15 is 0 Å². The molecule has 0 heterocycles. The third-order valence-electron chi connectivity index (χ3n) is 3.10. The average molecular weight is 367 g/mol. The standard InChI is InChI=1S/C16H10BrClFNO/c17-11-7-16(14(20)8-13(11)19)21-15-6-5-12(18)9-3-1-2-4-10(9)15/h1-8H,20H2. The highest BCUT2D eigenvalue weighted by Gasteiger charge is 2.11. The fourth-order valence-corrected chi connectivity index (χ4v) is 2.62. The Morgan fingerprint density at radius 1 is 1.00 bits per heavy atom. The first-order valence-electron chi connectivity index (χ1n) is 6.16. The van der Waals surface area contributed by atoms with Gasteiger partial charge in [-0.2, -0.15) is 0 Å². The molecular weight excluding hydrogens is 357 g/mol. The maximum Gasteiger partial charge on any atom is 0.151 e. The van der Waals surface area contributed by atoms with E-state index < -0.39 is 5.82 Å². The Morgan fingerprint density at radius 3 is 2.48 bits per heavy atom. The van der Waals surface area contributed by atoms with Gasteiger partial charge in [0.05, 0.1) is 10.2 Å². The lowest BCUT2D eigenvalue weighted by atomic mass is 10.1. The van der Waals surface area contributed by atoms with Gasteiger partial charge >= 0.3 is 0 Å². The molecule has 0 amide bonds. The Labute approximate surface area is 134 Å². The maximum atomic E-state index is 13.4. The van der Waals surface area contributed by atoms with Crippen molar-refractivity contribution in [2.24, 2.45) is 0 Å². The average Bonchev–Trinajstić information content (AvgIpc) is 2.48. The van der Waals surface area contributed by atoms with Crippen molar-refractivity contribution in [3.8, 4) is 11.5 Å². The third kappa shape index (κ3) is 2.69. The van der Waals surface area contributed by atoms with Gasteiger partial charge in [0.2, 0.25) is 0 Å². The van der Waals surface area contributed by atoms with E-state index in [1.165, 1.54) is 12.1 Å². The van der Waals surface area contributed by atoms with E-state index in [0.29, 0.717) is 21.0 Å². The molecule has 21 heavy (non-hydrogen) atoms. The van der Waals surface area contributed by atoms with Gasteiger partial charge in [-0.25, -0.2) is 4.39 Å². The number of hydrogen-bond acceptors (Lipinski definition) is 2. The molecule has 0 aliphatic heterocycles. The van der Waals surface area contributed by atoms with Crippen molar-refractivity contribution in [2.75, 3.05) is 5.73 Å². The minimum atomic E-state index is -0.430. The van der Waals surface area contributed by atoms with Crippen LogP contribution in [0.25, 0.3) is 10.8 Å². The first-order valence-corrected chi connectivity index (χ1v) is 7.33. The summed E-state index contributed by atoms with van der Waals surface area (Å²) in [5.41, 5.74) is 6.03. The number of halogens is 3. The topological polar surface area (TPSA) is 35.2 Å². The molecule has 0 saturated carbocycles. The maximum absolute atomic E-state index is 13.4. The number of benzene rings is 3. The first-order chi connectivity index (χ1) is 10.1. The smallest absolute Gasteiger partial charge is 0.151 e. The molecule has 0 aliphatic rings. The van der Waals surface area contributed by atoms with Crippen LogP contribution in [0.15, 0.2) is 53.0 Å². The summed E-state index contributed by atoms with van der Waals surface area (Å²) in [6.45, 7) is 0. The fraction of sp³-hybridized carbons (Fsp3) is 0. The zero-order chi connectivity index (χ0) is 15.0. The van der Waals surface area contributed by atoms with Crippen LogP contribution in [0.5, 0.6) is 11.5 Å². The highest BCUT2D eigenvalue weighted by molar-refractivity contribution is 9.10. The predicted octanol–water partition coefficient (Wildman–Crippen LogP) is 5.77. The lowest BCUT2D eigenvalue weighted by Crippen LogP contribution is -1.94. The molecule has 3 rings (SSSR count). The van der Waals surface area contributed by atoms with Gasteiger partial charge in [0.1, 0.15) is 11.6 Å². The third-order valence-corrected chi connectivity index (χ3v) is 4.04. The lowest BCUT2D eigenvalue weighted by Gasteiger charge is -2.12. The number of hydrogen-bond donors (Lipinski definition) is 1. The van der Waals surface area contributed by atoms with Crippen molar-refractivity contribution in [3.05, 3.63) is 63.8 Å². The van der Waals surface area contributed by atoms with Gasteiger partial charge in [0, 0.05) is 27.9 Å². The summed E-state index contributed by atoms with van der Waals surface area (Å²) in [4.78, 5) is 0. The van der Waals surface area contributed by atoms with Crippen molar-refractivity contribution in [2.45, 2.75) is 0 Å². The molecule has 0 unspecified atom stereocenters. The Balaban J connectivity index is 2.11. The molecule has 2 nitrogen and oxygen atoms in total. The Morgan fingerprint density at radius 2 is 1.71 bits per heavy atom. The van der Waals surface area contributed by atoms with Crippen LogP contribution < -0.4 is 10.5 Å². The van der Waals surface area contributed by atoms with Gasteiger partial charge in [0.25, 0.3) is 0 Å². The summed E-state index contributed by atoms with van der Waals surface area (Å²) in [6.07, 6.45) is 0. The normalized spacial score (nSPS) is 10.8. The first kappa shape index (κ1) is 14.2. The number of fused-ring (bicyclic) bond motifs is 1. The van der Waals surface area contributed by atoms with Crippen molar-refractivity contribution < 1.29 is 9.13 Å². The van der Waals surface area contributed by atoms with Gasteiger partial charge in [-0.3, -0.25) is 0 Å². The number of rotatable bonds is 2. The van der Waals surface area contributed by atoms with E-state index in [0.717, 1.165) is 10.8 Å². The molecule has 0 bridgehead atoms. The van der Waals surface area contributed by atoms with Crippen LogP contribution >= 0.6 is 27.5 Å². The van der Waals surface area contributed by atoms with Crippen LogP contribution in [0, 0.1) is 5.82 Å². The quantitative estimate of drug-likeness (QED) is 0.584. The summed E-state index contributed by atoms with van der Waals surface area (Å²) in [7, 11) is 0. The zero-order valence-corrected chi connectivity index (χ0v) is 13.1. The minimum absolute atomic E-state index is 0.231. The fourth-order valence-electron chi connectivity index (χ4n) is 2.07. The molecule has 0 spiro atoms. The summed E-state index contributed by atoms with van der Waals surface area (Å²) in [6, 6.07) is 13.9. The van der Waals surface area contributed by atoms with Gasteiger partial charge in [-0.05, 0) is 28.1 Å². The highest BCUT2D eigenvalue weighted by atomic mass is 79.9. The summed E-state index contributed by atoms with van der Waals surface area (Å²) < 4.78 is 19.5. The summed E-state index contributed by atoms with van der Waals surface area (Å²) in [5.74, 6) is 0.566. The lowest BCUT2D eigenvalue weighted by molar-refractivity contribution is 0.488. The van der Waals surface area contributed by atoms with E-state index in [9.17, 15) is 4.39 Å². The van der Waals surface area contributed by atoms with Gasteiger partial charge < -0.3 is 10.5 Å². The molecule has 3 aromatic carbocycles. The second kappa shape index (κ2) is 5.54. The number of anilines is 1. The van der Waals surface area contributed by atoms with E-state index in [1.54, 1.807) is 12.1 Å². The zero-order valence-electron chi connectivity index (χ0n) is 10.7. The minimum Gasteiger partial charge on any atom is -0.455 e. The van der Waals surface area contributed by atoms with Crippen LogP contribution in [-0.2, 0) is 0 Å². The molecule has 0 aromatic heterocycles. The molecule has 0 fully saturated rings. The van der Waals surface area contributed by atoms with Crippen molar-refractivity contribution in [3.63, 3.8) is 0 Å². The highest BCUT2D eigenvalue weighted by Crippen LogP contribution is 2.37. The number of ether oxygens (including phenoxy) is 1. The van der Waals surface area contributed by atoms with Crippen LogP contribution in [0.3, 0.4) is 0 Å². The SMILES string of the molecule is Nc1cc(F)c(Br)cc1Oc1ccc(Cl)c2ccccc12. The van der Waals surface area contributed by atoms with Crippen molar-refractivity contribution >= 4 is 44.0 Å². The molecule has 3 aromatic rings. The monoisotopic (exact) mass is 365 g/mol. The molecule has 5 heteroatoms. The summed E-state index contributed by atoms with van der Waals surface area (Å²) >= 11 is 9.30. The Kier molecular flexibility index (Phi) is 3.74. The van der Waals surface area contributed by atoms with Crippen LogP contribution in [0.2, 0.25) is 5.02 Å². The van der Waals surface area contributed by atoms with Crippen LogP contribution in [0.4, 0.5) is 10.1 Å². The van der Waals surface area contributed by atoms with E-state index in [1.807, 2.05) is 24.3 Å². The molecule has 0 radical (unpaired) electrons. The Bertz CT molecular complexity index is 838. The molecule has 2 N–H and O–H groups in total. The van der Waals surface area contributed by atoms with Crippen molar-refractivity contribution in [1.82, 2.24) is 0 Å². The van der Waals surface area contributed by atoms with Crippen LogP contribution in [0.1, 0.15) is 0 Å². The molecule has 106 valence electrons. The number of nitrogen functional groups attached to an aromatic ring is 1. The van der Waals surface area contributed by atoms with E-state index in [4.69, 9.17) is 22.1 Å². The van der Waals surface area contributed by atoms with E-state index in [-0.39, 0.29) is 5.69 Å². The second-order valence-corrected chi connectivity index (χ2v) is 5.76. The Hall–Kier alpha value is -1.78. The van der Waals surface area contributed by atoms with Crippen LogP contribution in [-0.4, -0.2) is 0 Å². The van der Waals surface area contributed by atoms with E-state index in [2.05, 4.69) is 15.9 Å². The van der Waals surface area contributed by atoms with Crippen molar-refractivity contribution in [1.29, 1.82) is 0 Å². The second-order valence-electron chi connectivity index (χ2n) is 4.50. The molecular formula is C16H10BrClFNO. The van der Waals surface area contributed by atoms with Gasteiger partial charge in [-0.1, -0.05) is 35.9 Å². The molecule has 0 saturated heterocycles. The van der Waals surface area contributed by atoms with Gasteiger partial charge in [0.15, 0.2) is 5.75 Å². The largest absolute Gasteiger partial charge is 0.455 e. The number of nitrogens with two attached hydrogens (primary N) is 1. The predicted molar refractivity (Wildman–Crippen MR) is 87.5 cm³/mol. The molecule has 0 atom stereocenters. The summed E-state index contributed by atoms with van der Waals surface area (Å²) in [5, 5.41) is 2.40. The molecule has 0 aliphatic carbocycles.